The van der Waals surface area contributed by atoms with E-state index in [1.807, 2.05) is 0 Å². The van der Waals surface area contributed by atoms with E-state index in [9.17, 15) is 9.59 Å². The summed E-state index contributed by atoms with van der Waals surface area (Å²) in [4.78, 5) is 22.6. The molecule has 1 aromatic carbocycles. The summed E-state index contributed by atoms with van der Waals surface area (Å²) in [5.74, 6) is 0.166. The van der Waals surface area contributed by atoms with Gasteiger partial charge in [0.2, 0.25) is 11.8 Å². The monoisotopic (exact) mass is 251 g/mol. The van der Waals surface area contributed by atoms with Gasteiger partial charge in [0.1, 0.15) is 5.75 Å². The average molecular weight is 251 g/mol. The molecule has 1 aromatic rings. The smallest absolute Gasteiger partial charge is 0.225 e. The molecule has 0 aliphatic rings. The molecule has 0 aliphatic heterocycles. The second-order valence-electron chi connectivity index (χ2n) is 3.68. The summed E-state index contributed by atoms with van der Waals surface area (Å²) in [6.45, 7) is 1.67. The first-order valence-corrected chi connectivity index (χ1v) is 5.52. The Hall–Kier alpha value is -2.08. The number of carbonyl (C=O) groups excluding carboxylic acids is 2. The van der Waals surface area contributed by atoms with E-state index in [1.165, 1.54) is 14.0 Å². The summed E-state index contributed by atoms with van der Waals surface area (Å²) in [6, 6.07) is 5.00. The van der Waals surface area contributed by atoms with Crippen molar-refractivity contribution in [1.82, 2.24) is 0 Å². The second kappa shape index (κ2) is 6.61. The summed E-state index contributed by atoms with van der Waals surface area (Å²) in [5, 5.41) is 5.31. The van der Waals surface area contributed by atoms with Crippen molar-refractivity contribution in [2.45, 2.75) is 13.3 Å². The first kappa shape index (κ1) is 14.0. The summed E-state index contributed by atoms with van der Waals surface area (Å²) in [5.41, 5.74) is 6.31. The van der Waals surface area contributed by atoms with Gasteiger partial charge >= 0.3 is 0 Å². The Morgan fingerprint density at radius 1 is 1.28 bits per heavy atom. The summed E-state index contributed by atoms with van der Waals surface area (Å²) < 4.78 is 5.07. The lowest BCUT2D eigenvalue weighted by Crippen LogP contribution is -2.18. The second-order valence-corrected chi connectivity index (χ2v) is 3.68. The maximum atomic E-state index is 11.5. The largest absolute Gasteiger partial charge is 0.497 e. The minimum Gasteiger partial charge on any atom is -0.497 e. The number of hydrogen-bond acceptors (Lipinski definition) is 4. The Labute approximate surface area is 105 Å². The lowest BCUT2D eigenvalue weighted by Gasteiger charge is -2.12. The van der Waals surface area contributed by atoms with Crippen LogP contribution in [0.15, 0.2) is 18.2 Å². The van der Waals surface area contributed by atoms with Crippen LogP contribution in [0.3, 0.4) is 0 Å². The van der Waals surface area contributed by atoms with Crippen LogP contribution in [0.5, 0.6) is 5.75 Å². The molecule has 6 heteroatoms. The molecule has 0 saturated heterocycles. The van der Waals surface area contributed by atoms with Crippen LogP contribution in [0, 0.1) is 0 Å². The van der Waals surface area contributed by atoms with Gasteiger partial charge in [-0.1, -0.05) is 0 Å². The van der Waals surface area contributed by atoms with E-state index in [-0.39, 0.29) is 24.8 Å². The Bertz CT molecular complexity index is 446. The number of hydrogen-bond donors (Lipinski definition) is 3. The molecule has 0 aromatic heterocycles. The van der Waals surface area contributed by atoms with Crippen LogP contribution in [0.2, 0.25) is 0 Å². The van der Waals surface area contributed by atoms with Crippen LogP contribution < -0.4 is 21.1 Å². The number of benzene rings is 1. The van der Waals surface area contributed by atoms with Gasteiger partial charge in [-0.3, -0.25) is 9.59 Å². The SMILES string of the molecule is COc1ccc(NC(C)=O)c(NC(=O)CCN)c1. The maximum absolute atomic E-state index is 11.5. The number of rotatable bonds is 5. The van der Waals surface area contributed by atoms with E-state index in [0.29, 0.717) is 17.1 Å². The molecule has 0 atom stereocenters. The van der Waals surface area contributed by atoms with E-state index in [0.717, 1.165) is 0 Å². The van der Waals surface area contributed by atoms with Crippen molar-refractivity contribution in [2.75, 3.05) is 24.3 Å². The molecule has 0 heterocycles. The van der Waals surface area contributed by atoms with Crippen molar-refractivity contribution in [3.05, 3.63) is 18.2 Å². The zero-order valence-electron chi connectivity index (χ0n) is 10.4. The number of ether oxygens (including phenoxy) is 1. The summed E-state index contributed by atoms with van der Waals surface area (Å²) in [6.07, 6.45) is 0.219. The predicted octanol–water partition coefficient (Wildman–Crippen LogP) is 0.941. The molecular weight excluding hydrogens is 234 g/mol. The molecular formula is C12H17N3O3. The van der Waals surface area contributed by atoms with Crippen LogP contribution in [-0.4, -0.2) is 25.5 Å². The van der Waals surface area contributed by atoms with Crippen LogP contribution in [0.25, 0.3) is 0 Å². The molecule has 0 aliphatic carbocycles. The fraction of sp³-hybridized carbons (Fsp3) is 0.333. The highest BCUT2D eigenvalue weighted by atomic mass is 16.5. The van der Waals surface area contributed by atoms with Gasteiger partial charge < -0.3 is 21.1 Å². The molecule has 0 fully saturated rings. The molecule has 98 valence electrons. The number of nitrogens with one attached hydrogen (secondary N) is 2. The molecule has 0 unspecified atom stereocenters. The van der Waals surface area contributed by atoms with Gasteiger partial charge in [-0.25, -0.2) is 0 Å². The molecule has 0 saturated carbocycles. The molecule has 0 radical (unpaired) electrons. The molecule has 18 heavy (non-hydrogen) atoms. The van der Waals surface area contributed by atoms with Gasteiger partial charge in [-0.2, -0.15) is 0 Å². The molecule has 4 N–H and O–H groups in total. The lowest BCUT2D eigenvalue weighted by atomic mass is 10.2. The Balaban J connectivity index is 2.95. The van der Waals surface area contributed by atoms with Crippen molar-refractivity contribution < 1.29 is 14.3 Å². The van der Waals surface area contributed by atoms with Crippen LogP contribution in [0.1, 0.15) is 13.3 Å². The highest BCUT2D eigenvalue weighted by Gasteiger charge is 2.09. The molecule has 0 spiro atoms. The van der Waals surface area contributed by atoms with Crippen LogP contribution in [-0.2, 0) is 9.59 Å². The van der Waals surface area contributed by atoms with Gasteiger partial charge in [-0.15, -0.1) is 0 Å². The third-order valence-corrected chi connectivity index (χ3v) is 2.18. The quantitative estimate of drug-likeness (QED) is 0.726. The van der Waals surface area contributed by atoms with Crippen molar-refractivity contribution in [3.63, 3.8) is 0 Å². The fourth-order valence-corrected chi connectivity index (χ4v) is 1.40. The van der Waals surface area contributed by atoms with Gasteiger partial charge in [0.25, 0.3) is 0 Å². The van der Waals surface area contributed by atoms with Gasteiger partial charge in [0.15, 0.2) is 0 Å². The minimum absolute atomic E-state index is 0.211. The number of methoxy groups -OCH3 is 1. The van der Waals surface area contributed by atoms with Crippen molar-refractivity contribution in [2.24, 2.45) is 5.73 Å². The highest BCUT2D eigenvalue weighted by Crippen LogP contribution is 2.27. The highest BCUT2D eigenvalue weighted by molar-refractivity contribution is 5.99. The fourth-order valence-electron chi connectivity index (χ4n) is 1.40. The first-order valence-electron chi connectivity index (χ1n) is 5.52. The van der Waals surface area contributed by atoms with E-state index >= 15 is 0 Å². The zero-order chi connectivity index (χ0) is 13.5. The number of nitrogens with two attached hydrogens (primary N) is 1. The minimum atomic E-state index is -0.213. The first-order chi connectivity index (χ1) is 8.56. The average Bonchev–Trinajstić information content (AvgIpc) is 2.31. The summed E-state index contributed by atoms with van der Waals surface area (Å²) in [7, 11) is 1.53. The van der Waals surface area contributed by atoms with Crippen molar-refractivity contribution >= 4 is 23.2 Å². The molecule has 6 nitrogen and oxygen atoms in total. The van der Waals surface area contributed by atoms with Crippen molar-refractivity contribution in [1.29, 1.82) is 0 Å². The topological polar surface area (TPSA) is 93.5 Å². The number of carbonyl (C=O) groups is 2. The van der Waals surface area contributed by atoms with Crippen LogP contribution in [0.4, 0.5) is 11.4 Å². The third kappa shape index (κ3) is 4.06. The Kier molecular flexibility index (Phi) is 5.13. The number of amides is 2. The van der Waals surface area contributed by atoms with Gasteiger partial charge in [0.05, 0.1) is 18.5 Å². The Morgan fingerprint density at radius 2 is 2.00 bits per heavy atom. The molecule has 1 rings (SSSR count). The number of anilines is 2. The van der Waals surface area contributed by atoms with E-state index in [4.69, 9.17) is 10.5 Å². The van der Waals surface area contributed by atoms with Crippen LogP contribution >= 0.6 is 0 Å². The lowest BCUT2D eigenvalue weighted by molar-refractivity contribution is -0.116. The van der Waals surface area contributed by atoms with E-state index in [2.05, 4.69) is 10.6 Å². The van der Waals surface area contributed by atoms with E-state index in [1.54, 1.807) is 18.2 Å². The summed E-state index contributed by atoms with van der Waals surface area (Å²) >= 11 is 0. The van der Waals surface area contributed by atoms with Gasteiger partial charge in [0, 0.05) is 26.0 Å². The molecule has 2 amide bonds. The van der Waals surface area contributed by atoms with E-state index < -0.39 is 0 Å². The van der Waals surface area contributed by atoms with Crippen molar-refractivity contribution in [3.8, 4) is 5.75 Å². The molecule has 0 bridgehead atoms. The zero-order valence-corrected chi connectivity index (χ0v) is 10.4. The standard InChI is InChI=1S/C12H17N3O3/c1-8(16)14-10-4-3-9(18-2)7-11(10)15-12(17)5-6-13/h3-4,7H,5-6,13H2,1-2H3,(H,14,16)(H,15,17). The van der Waals surface area contributed by atoms with Gasteiger partial charge in [-0.05, 0) is 12.1 Å². The maximum Gasteiger partial charge on any atom is 0.225 e. The Morgan fingerprint density at radius 3 is 2.56 bits per heavy atom. The third-order valence-electron chi connectivity index (χ3n) is 2.18. The predicted molar refractivity (Wildman–Crippen MR) is 69.6 cm³/mol. The normalized spacial score (nSPS) is 9.72.